The Bertz CT molecular complexity index is 477. The molecule has 0 fully saturated rings. The van der Waals surface area contributed by atoms with Crippen molar-refractivity contribution in [3.05, 3.63) is 53.6 Å². The molecular formula is C13H13ClN2O. The Kier molecular flexibility index (Phi) is 3.94. The van der Waals surface area contributed by atoms with Gasteiger partial charge in [-0.05, 0) is 24.1 Å². The van der Waals surface area contributed by atoms with Gasteiger partial charge in [0.2, 0.25) is 0 Å². The summed E-state index contributed by atoms with van der Waals surface area (Å²) in [7, 11) is 0. The molecule has 0 aliphatic heterocycles. The smallest absolute Gasteiger partial charge is 0.152 e. The average Bonchev–Trinajstić information content (AvgIpc) is 2.81. The molecule has 1 aromatic heterocycles. The maximum Gasteiger partial charge on any atom is 0.152 e. The number of halogens is 1. The van der Waals surface area contributed by atoms with Gasteiger partial charge in [0.25, 0.3) is 0 Å². The molecule has 0 spiro atoms. The van der Waals surface area contributed by atoms with Crippen LogP contribution in [-0.2, 0) is 17.8 Å². The lowest BCUT2D eigenvalue weighted by Crippen LogP contribution is -2.09. The lowest BCUT2D eigenvalue weighted by Gasteiger charge is -2.02. The normalized spacial score (nSPS) is 10.4. The molecule has 0 bridgehead atoms. The highest BCUT2D eigenvalue weighted by Crippen LogP contribution is 2.11. The number of aryl methyl sites for hydroxylation is 1. The molecule has 0 atom stereocenters. The molecular weight excluding hydrogens is 236 g/mol. The minimum atomic E-state index is 0.206. The number of imidazole rings is 1. The van der Waals surface area contributed by atoms with Gasteiger partial charge in [0.1, 0.15) is 0 Å². The SMILES string of the molecule is O=C(CCc1ccc(Cl)cc1)Cn1ccnc1. The number of nitrogens with zero attached hydrogens (tertiary/aromatic N) is 2. The fourth-order valence-electron chi connectivity index (χ4n) is 1.60. The van der Waals surface area contributed by atoms with Gasteiger partial charge in [-0.3, -0.25) is 4.79 Å². The Morgan fingerprint density at radius 3 is 2.71 bits per heavy atom. The number of aromatic nitrogens is 2. The van der Waals surface area contributed by atoms with E-state index in [4.69, 9.17) is 11.6 Å². The minimum Gasteiger partial charge on any atom is -0.330 e. The lowest BCUT2D eigenvalue weighted by atomic mass is 10.1. The second-order valence-corrected chi connectivity index (χ2v) is 4.34. The van der Waals surface area contributed by atoms with E-state index in [1.165, 1.54) is 0 Å². The zero-order chi connectivity index (χ0) is 12.1. The van der Waals surface area contributed by atoms with Crippen LogP contribution in [-0.4, -0.2) is 15.3 Å². The number of ketones is 1. The Hall–Kier alpha value is -1.61. The molecule has 0 saturated carbocycles. The van der Waals surface area contributed by atoms with Crippen LogP contribution >= 0.6 is 11.6 Å². The predicted octanol–water partition coefficient (Wildman–Crippen LogP) is 2.74. The molecule has 17 heavy (non-hydrogen) atoms. The van der Waals surface area contributed by atoms with Crippen molar-refractivity contribution in [1.82, 2.24) is 9.55 Å². The first-order chi connectivity index (χ1) is 8.24. The zero-order valence-corrected chi connectivity index (χ0v) is 10.1. The van der Waals surface area contributed by atoms with Crippen molar-refractivity contribution in [3.63, 3.8) is 0 Å². The summed E-state index contributed by atoms with van der Waals surface area (Å²) in [6, 6.07) is 7.59. The fraction of sp³-hybridized carbons (Fsp3) is 0.231. The van der Waals surface area contributed by atoms with Crippen LogP contribution in [0.15, 0.2) is 43.0 Å². The van der Waals surface area contributed by atoms with Crippen LogP contribution in [0.1, 0.15) is 12.0 Å². The van der Waals surface area contributed by atoms with Crippen molar-refractivity contribution >= 4 is 17.4 Å². The second-order valence-electron chi connectivity index (χ2n) is 3.90. The van der Waals surface area contributed by atoms with Crippen LogP contribution in [0.25, 0.3) is 0 Å². The Morgan fingerprint density at radius 1 is 1.29 bits per heavy atom. The van der Waals surface area contributed by atoms with E-state index in [2.05, 4.69) is 4.98 Å². The van der Waals surface area contributed by atoms with Crippen molar-refractivity contribution in [3.8, 4) is 0 Å². The molecule has 4 heteroatoms. The molecule has 2 rings (SSSR count). The average molecular weight is 249 g/mol. The number of Topliss-reactive ketones (excluding diaryl/α,β-unsaturated/α-hetero) is 1. The summed E-state index contributed by atoms with van der Waals surface area (Å²) >= 11 is 5.79. The summed E-state index contributed by atoms with van der Waals surface area (Å²) < 4.78 is 1.78. The fourth-order valence-corrected chi connectivity index (χ4v) is 1.72. The topological polar surface area (TPSA) is 34.9 Å². The highest BCUT2D eigenvalue weighted by atomic mass is 35.5. The van der Waals surface area contributed by atoms with Crippen molar-refractivity contribution in [2.45, 2.75) is 19.4 Å². The van der Waals surface area contributed by atoms with E-state index in [0.29, 0.717) is 13.0 Å². The zero-order valence-electron chi connectivity index (χ0n) is 9.34. The molecule has 0 saturated heterocycles. The number of carbonyl (C=O) groups is 1. The first kappa shape index (κ1) is 11.9. The Morgan fingerprint density at radius 2 is 2.06 bits per heavy atom. The maximum atomic E-state index is 11.7. The van der Waals surface area contributed by atoms with E-state index in [1.807, 2.05) is 24.3 Å². The van der Waals surface area contributed by atoms with Crippen LogP contribution in [0.2, 0.25) is 5.02 Å². The Balaban J connectivity index is 1.82. The van der Waals surface area contributed by atoms with Gasteiger partial charge in [-0.1, -0.05) is 23.7 Å². The third kappa shape index (κ3) is 3.71. The number of carbonyl (C=O) groups excluding carboxylic acids is 1. The molecule has 0 N–H and O–H groups in total. The van der Waals surface area contributed by atoms with E-state index in [9.17, 15) is 4.79 Å². The van der Waals surface area contributed by atoms with Crippen LogP contribution in [0, 0.1) is 0 Å². The van der Waals surface area contributed by atoms with Gasteiger partial charge in [-0.2, -0.15) is 0 Å². The van der Waals surface area contributed by atoms with Crippen molar-refractivity contribution in [2.24, 2.45) is 0 Å². The molecule has 0 amide bonds. The van der Waals surface area contributed by atoms with Gasteiger partial charge >= 0.3 is 0 Å². The van der Waals surface area contributed by atoms with Gasteiger partial charge in [0.05, 0.1) is 12.9 Å². The largest absolute Gasteiger partial charge is 0.330 e. The van der Waals surface area contributed by atoms with E-state index >= 15 is 0 Å². The Labute approximate surface area is 105 Å². The first-order valence-corrected chi connectivity index (χ1v) is 5.84. The van der Waals surface area contributed by atoms with E-state index in [0.717, 1.165) is 17.0 Å². The van der Waals surface area contributed by atoms with Crippen LogP contribution in [0.4, 0.5) is 0 Å². The molecule has 88 valence electrons. The summed E-state index contributed by atoms with van der Waals surface area (Å²) in [4.78, 5) is 15.6. The van der Waals surface area contributed by atoms with Crippen molar-refractivity contribution in [2.75, 3.05) is 0 Å². The molecule has 0 radical (unpaired) electrons. The first-order valence-electron chi connectivity index (χ1n) is 5.46. The molecule has 0 aliphatic carbocycles. The predicted molar refractivity (Wildman–Crippen MR) is 67.0 cm³/mol. The number of hydrogen-bond donors (Lipinski definition) is 0. The van der Waals surface area contributed by atoms with Gasteiger partial charge in [0, 0.05) is 23.8 Å². The van der Waals surface area contributed by atoms with E-state index in [1.54, 1.807) is 23.3 Å². The summed E-state index contributed by atoms with van der Waals surface area (Å²) in [5.74, 6) is 0.206. The summed E-state index contributed by atoms with van der Waals surface area (Å²) in [6.45, 7) is 0.396. The molecule has 1 aromatic carbocycles. The van der Waals surface area contributed by atoms with Gasteiger partial charge in [-0.15, -0.1) is 0 Å². The standard InChI is InChI=1S/C13H13ClN2O/c14-12-4-1-11(2-5-12)3-6-13(17)9-16-8-7-15-10-16/h1-2,4-5,7-8,10H,3,6,9H2. The monoisotopic (exact) mass is 248 g/mol. The number of hydrogen-bond acceptors (Lipinski definition) is 2. The minimum absolute atomic E-state index is 0.206. The van der Waals surface area contributed by atoms with Crippen LogP contribution < -0.4 is 0 Å². The van der Waals surface area contributed by atoms with Gasteiger partial charge < -0.3 is 4.57 Å². The maximum absolute atomic E-state index is 11.7. The highest BCUT2D eigenvalue weighted by molar-refractivity contribution is 6.30. The molecule has 2 aromatic rings. The second kappa shape index (κ2) is 5.64. The summed E-state index contributed by atoms with van der Waals surface area (Å²) in [5.41, 5.74) is 1.13. The number of rotatable bonds is 5. The lowest BCUT2D eigenvalue weighted by molar-refractivity contribution is -0.119. The summed E-state index contributed by atoms with van der Waals surface area (Å²) in [5, 5.41) is 0.721. The molecule has 3 nitrogen and oxygen atoms in total. The van der Waals surface area contributed by atoms with Gasteiger partial charge in [-0.25, -0.2) is 4.98 Å². The van der Waals surface area contributed by atoms with E-state index < -0.39 is 0 Å². The third-order valence-electron chi connectivity index (χ3n) is 2.52. The molecule has 0 aliphatic rings. The summed E-state index contributed by atoms with van der Waals surface area (Å²) in [6.07, 6.45) is 6.41. The molecule has 1 heterocycles. The third-order valence-corrected chi connectivity index (χ3v) is 2.78. The van der Waals surface area contributed by atoms with Crippen molar-refractivity contribution < 1.29 is 4.79 Å². The highest BCUT2D eigenvalue weighted by Gasteiger charge is 2.03. The molecule has 0 unspecified atom stereocenters. The van der Waals surface area contributed by atoms with E-state index in [-0.39, 0.29) is 5.78 Å². The van der Waals surface area contributed by atoms with Crippen LogP contribution in [0.3, 0.4) is 0 Å². The quantitative estimate of drug-likeness (QED) is 0.816. The van der Waals surface area contributed by atoms with Crippen molar-refractivity contribution in [1.29, 1.82) is 0 Å². The van der Waals surface area contributed by atoms with Gasteiger partial charge in [0.15, 0.2) is 5.78 Å². The van der Waals surface area contributed by atoms with Crippen LogP contribution in [0.5, 0.6) is 0 Å². The number of benzene rings is 1.